The minimum Gasteiger partial charge on any atom is -0.382 e. The second-order valence-electron chi connectivity index (χ2n) is 4.15. The number of nitrogen functional groups attached to an aromatic ring is 1. The molecule has 2 aromatic rings. The molecule has 0 saturated heterocycles. The van der Waals surface area contributed by atoms with Gasteiger partial charge in [0.05, 0.1) is 5.69 Å². The van der Waals surface area contributed by atoms with Crippen molar-refractivity contribution in [2.24, 2.45) is 0 Å². The Bertz CT molecular complexity index is 575. The maximum absolute atomic E-state index is 11.8. The maximum Gasteiger partial charge on any atom is 0.277 e. The molecule has 1 aliphatic rings. The highest BCUT2D eigenvalue weighted by Crippen LogP contribution is 2.40. The number of aromatic nitrogens is 3. The highest BCUT2D eigenvalue weighted by atomic mass is 32.1. The van der Waals surface area contributed by atoms with Crippen LogP contribution in [-0.2, 0) is 0 Å². The van der Waals surface area contributed by atoms with Gasteiger partial charge < -0.3 is 5.73 Å². The fourth-order valence-electron chi connectivity index (χ4n) is 1.54. The molecule has 0 atom stereocenters. The van der Waals surface area contributed by atoms with E-state index >= 15 is 0 Å². The summed E-state index contributed by atoms with van der Waals surface area (Å²) in [4.78, 5) is 16.2. The molecule has 18 heavy (non-hydrogen) atoms. The molecular formula is C11H11N5OS. The lowest BCUT2D eigenvalue weighted by atomic mass is 10.3. The number of hydrogen-bond donors (Lipinski definition) is 2. The molecule has 92 valence electrons. The summed E-state index contributed by atoms with van der Waals surface area (Å²) in [7, 11) is 0. The summed E-state index contributed by atoms with van der Waals surface area (Å²) in [5.41, 5.74) is 6.70. The number of thiazole rings is 1. The first-order valence-electron chi connectivity index (χ1n) is 5.58. The van der Waals surface area contributed by atoms with Crippen LogP contribution < -0.4 is 11.1 Å². The summed E-state index contributed by atoms with van der Waals surface area (Å²) in [6.45, 7) is 0. The van der Waals surface area contributed by atoms with Gasteiger partial charge in [-0.3, -0.25) is 10.1 Å². The third-order valence-electron chi connectivity index (χ3n) is 2.66. The summed E-state index contributed by atoms with van der Waals surface area (Å²) in [6, 6.07) is 3.08. The molecule has 0 unspecified atom stereocenters. The topological polar surface area (TPSA) is 93.8 Å². The third kappa shape index (κ3) is 2.30. The summed E-state index contributed by atoms with van der Waals surface area (Å²) >= 11 is 1.43. The van der Waals surface area contributed by atoms with E-state index in [1.807, 2.05) is 5.38 Å². The normalized spacial score (nSPS) is 14.4. The molecule has 0 spiro atoms. The minimum absolute atomic E-state index is 0.229. The van der Waals surface area contributed by atoms with E-state index in [4.69, 9.17) is 5.73 Å². The Morgan fingerprint density at radius 2 is 2.22 bits per heavy atom. The quantitative estimate of drug-likeness (QED) is 0.876. The first-order chi connectivity index (χ1) is 8.72. The van der Waals surface area contributed by atoms with E-state index in [1.54, 1.807) is 6.07 Å². The van der Waals surface area contributed by atoms with Gasteiger partial charge in [0.1, 0.15) is 5.82 Å². The summed E-state index contributed by atoms with van der Waals surface area (Å²) in [5, 5.41) is 12.6. The zero-order chi connectivity index (χ0) is 12.5. The number of anilines is 2. The third-order valence-corrected chi connectivity index (χ3v) is 3.43. The highest BCUT2D eigenvalue weighted by molar-refractivity contribution is 7.14. The molecule has 6 nitrogen and oxygen atoms in total. The minimum atomic E-state index is -0.320. The van der Waals surface area contributed by atoms with Gasteiger partial charge in [-0.1, -0.05) is 0 Å². The van der Waals surface area contributed by atoms with Crippen molar-refractivity contribution >= 4 is 28.2 Å². The first-order valence-corrected chi connectivity index (χ1v) is 6.46. The second kappa shape index (κ2) is 4.34. The van der Waals surface area contributed by atoms with Crippen molar-refractivity contribution in [1.82, 2.24) is 15.2 Å². The molecule has 0 bridgehead atoms. The highest BCUT2D eigenvalue weighted by Gasteiger charge is 2.26. The number of nitrogens with one attached hydrogen (secondary N) is 1. The average Bonchev–Trinajstić information content (AvgIpc) is 3.11. The van der Waals surface area contributed by atoms with E-state index in [2.05, 4.69) is 20.5 Å². The Morgan fingerprint density at radius 3 is 2.89 bits per heavy atom. The van der Waals surface area contributed by atoms with Crippen LogP contribution in [0, 0.1) is 0 Å². The van der Waals surface area contributed by atoms with Crippen LogP contribution >= 0.6 is 11.3 Å². The lowest BCUT2D eigenvalue weighted by molar-refractivity contribution is 0.102. The number of amides is 1. The van der Waals surface area contributed by atoms with Crippen LogP contribution in [0.15, 0.2) is 17.5 Å². The van der Waals surface area contributed by atoms with Gasteiger partial charge in [-0.2, -0.15) is 0 Å². The molecular weight excluding hydrogens is 250 g/mol. The first kappa shape index (κ1) is 11.1. The molecule has 1 saturated carbocycles. The van der Waals surface area contributed by atoms with Crippen molar-refractivity contribution in [2.45, 2.75) is 18.8 Å². The molecule has 2 aromatic heterocycles. The van der Waals surface area contributed by atoms with Gasteiger partial charge >= 0.3 is 0 Å². The van der Waals surface area contributed by atoms with Crippen LogP contribution in [0.2, 0.25) is 0 Å². The van der Waals surface area contributed by atoms with Crippen molar-refractivity contribution in [3.05, 3.63) is 28.9 Å². The Kier molecular flexibility index (Phi) is 2.67. The van der Waals surface area contributed by atoms with E-state index in [9.17, 15) is 4.79 Å². The molecule has 3 rings (SSSR count). The number of rotatable bonds is 3. The number of carbonyl (C=O) groups excluding carboxylic acids is 1. The van der Waals surface area contributed by atoms with Crippen LogP contribution in [0.1, 0.15) is 34.9 Å². The molecule has 0 aliphatic heterocycles. The molecule has 2 heterocycles. The van der Waals surface area contributed by atoms with E-state index in [0.717, 1.165) is 5.69 Å². The van der Waals surface area contributed by atoms with Crippen LogP contribution in [0.5, 0.6) is 0 Å². The van der Waals surface area contributed by atoms with Gasteiger partial charge in [0, 0.05) is 11.3 Å². The predicted molar refractivity (Wildman–Crippen MR) is 68.5 cm³/mol. The molecule has 0 aromatic carbocycles. The average molecular weight is 261 g/mol. The molecule has 1 amide bonds. The number of nitrogens with zero attached hydrogens (tertiary/aromatic N) is 3. The van der Waals surface area contributed by atoms with Gasteiger partial charge in [-0.05, 0) is 25.0 Å². The smallest absolute Gasteiger partial charge is 0.277 e. The van der Waals surface area contributed by atoms with E-state index < -0.39 is 0 Å². The zero-order valence-corrected chi connectivity index (χ0v) is 10.3. The van der Waals surface area contributed by atoms with Gasteiger partial charge in [0.25, 0.3) is 5.91 Å². The van der Waals surface area contributed by atoms with E-state index in [0.29, 0.717) is 11.0 Å². The lowest BCUT2D eigenvalue weighted by Crippen LogP contribution is -2.14. The van der Waals surface area contributed by atoms with Crippen LogP contribution in [0.4, 0.5) is 10.9 Å². The fourth-order valence-corrected chi connectivity index (χ4v) is 2.32. The largest absolute Gasteiger partial charge is 0.382 e. The van der Waals surface area contributed by atoms with Crippen molar-refractivity contribution < 1.29 is 4.79 Å². The molecule has 1 aliphatic carbocycles. The lowest BCUT2D eigenvalue weighted by Gasteiger charge is -1.99. The number of nitrogens with two attached hydrogens (primary N) is 1. The van der Waals surface area contributed by atoms with Gasteiger partial charge in [-0.15, -0.1) is 21.5 Å². The van der Waals surface area contributed by atoms with Gasteiger partial charge in [0.2, 0.25) is 0 Å². The van der Waals surface area contributed by atoms with E-state index in [1.165, 1.54) is 30.2 Å². The van der Waals surface area contributed by atoms with E-state index in [-0.39, 0.29) is 17.4 Å². The Hall–Kier alpha value is -2.02. The van der Waals surface area contributed by atoms with Crippen LogP contribution in [0.25, 0.3) is 0 Å². The van der Waals surface area contributed by atoms with Gasteiger partial charge in [0.15, 0.2) is 10.8 Å². The van der Waals surface area contributed by atoms with Crippen molar-refractivity contribution in [2.75, 3.05) is 11.1 Å². The SMILES string of the molecule is Nc1ccc(C(=O)Nc2nc(C3CC3)cs2)nn1. The Labute approximate surface area is 107 Å². The van der Waals surface area contributed by atoms with Crippen LogP contribution in [0.3, 0.4) is 0 Å². The van der Waals surface area contributed by atoms with Crippen LogP contribution in [-0.4, -0.2) is 21.1 Å². The van der Waals surface area contributed by atoms with Gasteiger partial charge in [-0.25, -0.2) is 4.98 Å². The summed E-state index contributed by atoms with van der Waals surface area (Å²) in [5.74, 6) is 0.555. The van der Waals surface area contributed by atoms with Crippen molar-refractivity contribution in [3.63, 3.8) is 0 Å². The monoisotopic (exact) mass is 261 g/mol. The Balaban J connectivity index is 1.70. The molecule has 3 N–H and O–H groups in total. The predicted octanol–water partition coefficient (Wildman–Crippen LogP) is 1.65. The molecule has 1 fully saturated rings. The number of hydrogen-bond acceptors (Lipinski definition) is 6. The molecule has 0 radical (unpaired) electrons. The van der Waals surface area contributed by atoms with Crippen molar-refractivity contribution in [3.8, 4) is 0 Å². The fraction of sp³-hybridized carbons (Fsp3) is 0.273. The maximum atomic E-state index is 11.8. The Morgan fingerprint density at radius 1 is 1.39 bits per heavy atom. The summed E-state index contributed by atoms with van der Waals surface area (Å²) < 4.78 is 0. The summed E-state index contributed by atoms with van der Waals surface area (Å²) in [6.07, 6.45) is 2.39. The number of carbonyl (C=O) groups is 1. The zero-order valence-electron chi connectivity index (χ0n) is 9.46. The molecule has 7 heteroatoms. The second-order valence-corrected chi connectivity index (χ2v) is 5.01. The standard InChI is InChI=1S/C11H11N5OS/c12-9-4-3-7(15-16-9)10(17)14-11-13-8(5-18-11)6-1-2-6/h3-6H,1-2H2,(H2,12,16)(H,13,14,17). The van der Waals surface area contributed by atoms with Crippen molar-refractivity contribution in [1.29, 1.82) is 0 Å².